The lowest BCUT2D eigenvalue weighted by Crippen LogP contribution is -2.38. The van der Waals surface area contributed by atoms with E-state index in [0.717, 1.165) is 15.0 Å². The first-order chi connectivity index (χ1) is 8.54. The first-order valence-electron chi connectivity index (χ1n) is 5.77. The molecule has 0 aliphatic rings. The van der Waals surface area contributed by atoms with Crippen molar-refractivity contribution in [1.82, 2.24) is 10.6 Å². The third kappa shape index (κ3) is 3.20. The van der Waals surface area contributed by atoms with Crippen LogP contribution >= 0.6 is 11.3 Å². The number of rotatable bonds is 3. The summed E-state index contributed by atoms with van der Waals surface area (Å²) in [6.45, 7) is 4.27. The molecule has 0 saturated heterocycles. The van der Waals surface area contributed by atoms with Crippen LogP contribution in [0.5, 0.6) is 0 Å². The first kappa shape index (κ1) is 12.8. The van der Waals surface area contributed by atoms with E-state index in [9.17, 15) is 9.18 Å². The summed E-state index contributed by atoms with van der Waals surface area (Å²) < 4.78 is 14.1. The molecule has 18 heavy (non-hydrogen) atoms. The summed E-state index contributed by atoms with van der Waals surface area (Å²) in [5.41, 5.74) is 0. The lowest BCUT2D eigenvalue weighted by Gasteiger charge is -2.08. The Labute approximate surface area is 109 Å². The van der Waals surface area contributed by atoms with Crippen LogP contribution in [-0.4, -0.2) is 12.1 Å². The van der Waals surface area contributed by atoms with Gasteiger partial charge in [-0.3, -0.25) is 0 Å². The minimum atomic E-state index is -0.239. The Balaban J connectivity index is 2.02. The molecular formula is C13H15FN2OS. The van der Waals surface area contributed by atoms with E-state index in [1.165, 1.54) is 12.1 Å². The summed E-state index contributed by atoms with van der Waals surface area (Å²) in [5, 5.41) is 6.40. The van der Waals surface area contributed by atoms with Crippen LogP contribution in [0.25, 0.3) is 10.1 Å². The molecular weight excluding hydrogens is 251 g/mol. The minimum Gasteiger partial charge on any atom is -0.336 e. The van der Waals surface area contributed by atoms with Gasteiger partial charge in [0.25, 0.3) is 0 Å². The topological polar surface area (TPSA) is 41.1 Å². The third-order valence-corrected chi connectivity index (χ3v) is 3.49. The quantitative estimate of drug-likeness (QED) is 0.879. The maximum Gasteiger partial charge on any atom is 0.315 e. The monoisotopic (exact) mass is 266 g/mol. The molecule has 2 aromatic rings. The number of urea groups is 1. The number of amides is 2. The standard InChI is InChI=1S/C13H15FN2OS/c1-8(2)16-13(17)15-7-11-6-9-5-10(14)3-4-12(9)18-11/h3-6,8H,7H2,1-2H3,(H2,15,16,17). The zero-order valence-corrected chi connectivity index (χ0v) is 11.1. The van der Waals surface area contributed by atoms with Crippen molar-refractivity contribution in [2.75, 3.05) is 0 Å². The lowest BCUT2D eigenvalue weighted by atomic mass is 10.2. The van der Waals surface area contributed by atoms with Gasteiger partial charge in [0.05, 0.1) is 6.54 Å². The molecule has 0 atom stereocenters. The Morgan fingerprint density at radius 1 is 1.39 bits per heavy atom. The molecule has 0 spiro atoms. The molecule has 0 aliphatic carbocycles. The predicted molar refractivity (Wildman–Crippen MR) is 72.3 cm³/mol. The van der Waals surface area contributed by atoms with Crippen LogP contribution in [0, 0.1) is 5.82 Å². The highest BCUT2D eigenvalue weighted by Crippen LogP contribution is 2.26. The van der Waals surface area contributed by atoms with Gasteiger partial charge in [-0.15, -0.1) is 11.3 Å². The Morgan fingerprint density at radius 2 is 2.17 bits per heavy atom. The van der Waals surface area contributed by atoms with Gasteiger partial charge in [-0.1, -0.05) is 0 Å². The van der Waals surface area contributed by atoms with Crippen LogP contribution in [0.1, 0.15) is 18.7 Å². The second-order valence-electron chi connectivity index (χ2n) is 4.38. The van der Waals surface area contributed by atoms with Gasteiger partial charge in [0.1, 0.15) is 5.82 Å². The largest absolute Gasteiger partial charge is 0.336 e. The maximum absolute atomic E-state index is 13.0. The highest BCUT2D eigenvalue weighted by molar-refractivity contribution is 7.19. The Hall–Kier alpha value is -1.62. The average molecular weight is 266 g/mol. The van der Waals surface area contributed by atoms with Crippen LogP contribution in [0.2, 0.25) is 0 Å². The molecule has 1 heterocycles. The summed E-state index contributed by atoms with van der Waals surface area (Å²) in [5.74, 6) is -0.239. The number of halogens is 1. The van der Waals surface area contributed by atoms with E-state index in [1.54, 1.807) is 17.4 Å². The van der Waals surface area contributed by atoms with E-state index in [-0.39, 0.29) is 17.9 Å². The van der Waals surface area contributed by atoms with Crippen LogP contribution in [0.15, 0.2) is 24.3 Å². The number of thiophene rings is 1. The van der Waals surface area contributed by atoms with Crippen LogP contribution in [0.4, 0.5) is 9.18 Å². The van der Waals surface area contributed by atoms with Crippen molar-refractivity contribution in [2.24, 2.45) is 0 Å². The molecule has 0 radical (unpaired) electrons. The highest BCUT2D eigenvalue weighted by Gasteiger charge is 2.05. The first-order valence-corrected chi connectivity index (χ1v) is 6.58. The van der Waals surface area contributed by atoms with Gasteiger partial charge in [-0.2, -0.15) is 0 Å². The Kier molecular flexibility index (Phi) is 3.81. The summed E-state index contributed by atoms with van der Waals surface area (Å²) >= 11 is 1.56. The second kappa shape index (κ2) is 5.35. The van der Waals surface area contributed by atoms with E-state index in [2.05, 4.69) is 10.6 Å². The molecule has 0 fully saturated rings. The van der Waals surface area contributed by atoms with Gasteiger partial charge < -0.3 is 10.6 Å². The zero-order chi connectivity index (χ0) is 13.1. The van der Waals surface area contributed by atoms with Gasteiger partial charge in [-0.05, 0) is 43.5 Å². The molecule has 0 saturated carbocycles. The molecule has 0 aliphatic heterocycles. The number of hydrogen-bond acceptors (Lipinski definition) is 2. The van der Waals surface area contributed by atoms with Crippen molar-refractivity contribution in [1.29, 1.82) is 0 Å². The van der Waals surface area contributed by atoms with Crippen molar-refractivity contribution in [3.8, 4) is 0 Å². The molecule has 2 rings (SSSR count). The summed E-state index contributed by atoms with van der Waals surface area (Å²) in [4.78, 5) is 12.4. The normalized spacial score (nSPS) is 10.9. The molecule has 96 valence electrons. The van der Waals surface area contributed by atoms with Gasteiger partial charge >= 0.3 is 6.03 Å². The fraction of sp³-hybridized carbons (Fsp3) is 0.308. The number of nitrogens with one attached hydrogen (secondary N) is 2. The van der Waals surface area contributed by atoms with E-state index >= 15 is 0 Å². The number of hydrogen-bond donors (Lipinski definition) is 2. The fourth-order valence-electron chi connectivity index (χ4n) is 1.64. The summed E-state index contributed by atoms with van der Waals surface area (Å²) in [7, 11) is 0. The lowest BCUT2D eigenvalue weighted by molar-refractivity contribution is 0.238. The minimum absolute atomic E-state index is 0.113. The predicted octanol–water partition coefficient (Wildman–Crippen LogP) is 3.25. The molecule has 0 bridgehead atoms. The number of fused-ring (bicyclic) bond motifs is 1. The molecule has 2 N–H and O–H groups in total. The summed E-state index contributed by atoms with van der Waals surface area (Å²) in [6.07, 6.45) is 0. The maximum atomic E-state index is 13.0. The Bertz CT molecular complexity index is 565. The molecule has 1 aromatic heterocycles. The van der Waals surface area contributed by atoms with Crippen molar-refractivity contribution in [2.45, 2.75) is 26.4 Å². The van der Waals surface area contributed by atoms with E-state index in [4.69, 9.17) is 0 Å². The van der Waals surface area contributed by atoms with E-state index in [0.29, 0.717) is 6.54 Å². The van der Waals surface area contributed by atoms with Crippen molar-refractivity contribution >= 4 is 27.5 Å². The average Bonchev–Trinajstić information content (AvgIpc) is 2.67. The smallest absolute Gasteiger partial charge is 0.315 e. The van der Waals surface area contributed by atoms with Gasteiger partial charge in [-0.25, -0.2) is 9.18 Å². The van der Waals surface area contributed by atoms with E-state index in [1.807, 2.05) is 19.9 Å². The van der Waals surface area contributed by atoms with Crippen LogP contribution < -0.4 is 10.6 Å². The summed E-state index contributed by atoms with van der Waals surface area (Å²) in [6, 6.07) is 6.53. The van der Waals surface area contributed by atoms with Crippen molar-refractivity contribution < 1.29 is 9.18 Å². The second-order valence-corrected chi connectivity index (χ2v) is 5.54. The number of carbonyl (C=O) groups is 1. The van der Waals surface area contributed by atoms with Crippen molar-refractivity contribution in [3.63, 3.8) is 0 Å². The number of carbonyl (C=O) groups excluding carboxylic acids is 1. The SMILES string of the molecule is CC(C)NC(=O)NCc1cc2cc(F)ccc2s1. The van der Waals surface area contributed by atoms with Crippen molar-refractivity contribution in [3.05, 3.63) is 35.0 Å². The fourth-order valence-corrected chi connectivity index (χ4v) is 2.62. The zero-order valence-electron chi connectivity index (χ0n) is 10.3. The number of benzene rings is 1. The van der Waals surface area contributed by atoms with Gasteiger partial charge in [0, 0.05) is 15.6 Å². The third-order valence-electron chi connectivity index (χ3n) is 2.37. The molecule has 3 nitrogen and oxygen atoms in total. The Morgan fingerprint density at radius 3 is 2.89 bits per heavy atom. The van der Waals surface area contributed by atoms with Crippen LogP contribution in [-0.2, 0) is 6.54 Å². The molecule has 2 amide bonds. The van der Waals surface area contributed by atoms with E-state index < -0.39 is 0 Å². The molecule has 0 unspecified atom stereocenters. The highest BCUT2D eigenvalue weighted by atomic mass is 32.1. The molecule has 5 heteroatoms. The van der Waals surface area contributed by atoms with Gasteiger partial charge in [0.15, 0.2) is 0 Å². The van der Waals surface area contributed by atoms with Gasteiger partial charge in [0.2, 0.25) is 0 Å². The molecule has 1 aromatic carbocycles. The van der Waals surface area contributed by atoms with Crippen LogP contribution in [0.3, 0.4) is 0 Å².